The lowest BCUT2D eigenvalue weighted by Gasteiger charge is -2.11. The van der Waals surface area contributed by atoms with E-state index in [2.05, 4.69) is 36.5 Å². The van der Waals surface area contributed by atoms with E-state index in [-0.39, 0.29) is 29.8 Å². The third kappa shape index (κ3) is 5.76. The number of hydrogen-bond acceptors (Lipinski definition) is 3. The van der Waals surface area contributed by atoms with Crippen LogP contribution in [-0.2, 0) is 13.1 Å². The molecule has 1 aromatic heterocycles. The minimum atomic E-state index is -0.259. The van der Waals surface area contributed by atoms with Gasteiger partial charge in [0.25, 0.3) is 0 Å². The lowest BCUT2D eigenvalue weighted by Crippen LogP contribution is -2.36. The standard InChI is InChI=1S/C15H18BrFN4O.HI/c1-9-10(2)22-14(21-9)8-20-15(18-3)19-7-11-6-12(16)4-5-13(11)17;/h4-6H,7-8H2,1-3H3,(H2,18,19,20);1H. The number of aryl methyl sites for hydroxylation is 2. The van der Waals surface area contributed by atoms with Crippen LogP contribution in [0.1, 0.15) is 22.9 Å². The first-order valence-electron chi connectivity index (χ1n) is 6.81. The van der Waals surface area contributed by atoms with Crippen LogP contribution in [0.4, 0.5) is 4.39 Å². The molecule has 126 valence electrons. The number of halogens is 3. The van der Waals surface area contributed by atoms with E-state index in [0.29, 0.717) is 30.5 Å². The van der Waals surface area contributed by atoms with Gasteiger partial charge in [0.1, 0.15) is 11.6 Å². The van der Waals surface area contributed by atoms with E-state index >= 15 is 0 Å². The second-order valence-electron chi connectivity index (χ2n) is 4.76. The number of rotatable bonds is 4. The smallest absolute Gasteiger partial charge is 0.214 e. The molecule has 2 N–H and O–H groups in total. The Morgan fingerprint density at radius 3 is 2.61 bits per heavy atom. The van der Waals surface area contributed by atoms with E-state index in [1.54, 1.807) is 19.2 Å². The summed E-state index contributed by atoms with van der Waals surface area (Å²) in [4.78, 5) is 8.37. The zero-order valence-corrected chi connectivity index (χ0v) is 17.0. The highest BCUT2D eigenvalue weighted by atomic mass is 127. The van der Waals surface area contributed by atoms with Crippen LogP contribution in [0.2, 0.25) is 0 Å². The molecule has 0 bridgehead atoms. The van der Waals surface area contributed by atoms with Crippen LogP contribution in [0.5, 0.6) is 0 Å². The zero-order chi connectivity index (χ0) is 16.1. The van der Waals surface area contributed by atoms with Crippen molar-refractivity contribution >= 4 is 45.9 Å². The Labute approximate surface area is 160 Å². The van der Waals surface area contributed by atoms with Gasteiger partial charge in [-0.15, -0.1) is 24.0 Å². The molecule has 0 saturated heterocycles. The van der Waals surface area contributed by atoms with Gasteiger partial charge in [-0.25, -0.2) is 9.37 Å². The minimum absolute atomic E-state index is 0. The summed E-state index contributed by atoms with van der Waals surface area (Å²) in [5.74, 6) is 1.68. The van der Waals surface area contributed by atoms with Crippen LogP contribution < -0.4 is 10.6 Å². The minimum Gasteiger partial charge on any atom is -0.444 e. The highest BCUT2D eigenvalue weighted by molar-refractivity contribution is 14.0. The average Bonchev–Trinajstić information content (AvgIpc) is 2.81. The Balaban J connectivity index is 0.00000264. The Morgan fingerprint density at radius 1 is 1.30 bits per heavy atom. The van der Waals surface area contributed by atoms with Gasteiger partial charge in [-0.3, -0.25) is 4.99 Å². The third-order valence-corrected chi connectivity index (χ3v) is 3.65. The molecule has 0 aliphatic rings. The maximum Gasteiger partial charge on any atom is 0.214 e. The van der Waals surface area contributed by atoms with E-state index in [1.165, 1.54) is 6.07 Å². The van der Waals surface area contributed by atoms with Crippen molar-refractivity contribution in [2.24, 2.45) is 4.99 Å². The molecule has 0 unspecified atom stereocenters. The van der Waals surface area contributed by atoms with Gasteiger partial charge in [-0.2, -0.15) is 0 Å². The molecule has 5 nitrogen and oxygen atoms in total. The molecule has 23 heavy (non-hydrogen) atoms. The van der Waals surface area contributed by atoms with Gasteiger partial charge in [-0.1, -0.05) is 15.9 Å². The molecule has 2 rings (SSSR count). The predicted octanol–water partition coefficient (Wildman–Crippen LogP) is 3.68. The SMILES string of the molecule is CN=C(NCc1nc(C)c(C)o1)NCc1cc(Br)ccc1F.I. The zero-order valence-electron chi connectivity index (χ0n) is 13.1. The highest BCUT2D eigenvalue weighted by Crippen LogP contribution is 2.15. The summed E-state index contributed by atoms with van der Waals surface area (Å²) < 4.78 is 20.0. The van der Waals surface area contributed by atoms with E-state index in [4.69, 9.17) is 4.42 Å². The van der Waals surface area contributed by atoms with Gasteiger partial charge in [0, 0.05) is 23.6 Å². The van der Waals surface area contributed by atoms with Crippen molar-refractivity contribution in [1.29, 1.82) is 0 Å². The second-order valence-corrected chi connectivity index (χ2v) is 5.68. The molecule has 0 atom stereocenters. The fourth-order valence-electron chi connectivity index (χ4n) is 1.85. The Hall–Kier alpha value is -1.16. The van der Waals surface area contributed by atoms with Gasteiger partial charge < -0.3 is 15.1 Å². The number of nitrogens with zero attached hydrogens (tertiary/aromatic N) is 2. The van der Waals surface area contributed by atoms with Crippen molar-refractivity contribution in [3.63, 3.8) is 0 Å². The maximum atomic E-state index is 13.7. The van der Waals surface area contributed by atoms with E-state index in [0.717, 1.165) is 15.9 Å². The van der Waals surface area contributed by atoms with Gasteiger partial charge in [-0.05, 0) is 32.0 Å². The fourth-order valence-corrected chi connectivity index (χ4v) is 2.26. The van der Waals surface area contributed by atoms with Crippen LogP contribution >= 0.6 is 39.9 Å². The number of guanidine groups is 1. The number of benzene rings is 1. The normalized spacial score (nSPS) is 11.1. The van der Waals surface area contributed by atoms with E-state index in [1.807, 2.05) is 13.8 Å². The van der Waals surface area contributed by atoms with Crippen LogP contribution in [-0.4, -0.2) is 18.0 Å². The van der Waals surface area contributed by atoms with E-state index in [9.17, 15) is 4.39 Å². The van der Waals surface area contributed by atoms with Crippen molar-refractivity contribution in [3.05, 3.63) is 51.4 Å². The van der Waals surface area contributed by atoms with Gasteiger partial charge in [0.05, 0.1) is 12.2 Å². The van der Waals surface area contributed by atoms with Crippen LogP contribution in [0, 0.1) is 19.7 Å². The first-order valence-corrected chi connectivity index (χ1v) is 7.60. The molecule has 8 heteroatoms. The molecule has 2 aromatic rings. The summed E-state index contributed by atoms with van der Waals surface area (Å²) in [5.41, 5.74) is 1.43. The Bertz CT molecular complexity index is 671. The molecular weight excluding hydrogens is 478 g/mol. The number of nitrogens with one attached hydrogen (secondary N) is 2. The van der Waals surface area contributed by atoms with Crippen molar-refractivity contribution in [3.8, 4) is 0 Å². The quantitative estimate of drug-likeness (QED) is 0.385. The first kappa shape index (κ1) is 19.9. The molecular formula is C15H19BrFIN4O. The lowest BCUT2D eigenvalue weighted by atomic mass is 10.2. The number of aliphatic imine (C=N–C) groups is 1. The largest absolute Gasteiger partial charge is 0.444 e. The topological polar surface area (TPSA) is 62.5 Å². The predicted molar refractivity (Wildman–Crippen MR) is 103 cm³/mol. The molecule has 0 amide bonds. The second kappa shape index (κ2) is 9.21. The summed E-state index contributed by atoms with van der Waals surface area (Å²) in [6, 6.07) is 4.82. The molecule has 0 spiro atoms. The summed E-state index contributed by atoms with van der Waals surface area (Å²) in [5, 5.41) is 6.13. The van der Waals surface area contributed by atoms with Gasteiger partial charge in [0.2, 0.25) is 5.89 Å². The van der Waals surface area contributed by atoms with Crippen LogP contribution in [0.3, 0.4) is 0 Å². The molecule has 0 fully saturated rings. The number of hydrogen-bond donors (Lipinski definition) is 2. The summed E-state index contributed by atoms with van der Waals surface area (Å²) >= 11 is 3.33. The van der Waals surface area contributed by atoms with Crippen molar-refractivity contribution in [2.45, 2.75) is 26.9 Å². The Morgan fingerprint density at radius 2 is 2.00 bits per heavy atom. The van der Waals surface area contributed by atoms with Gasteiger partial charge in [0.15, 0.2) is 5.96 Å². The first-order chi connectivity index (χ1) is 10.5. The molecule has 0 aliphatic heterocycles. The van der Waals surface area contributed by atoms with Crippen LogP contribution in [0.25, 0.3) is 0 Å². The third-order valence-electron chi connectivity index (χ3n) is 3.16. The molecule has 1 aromatic carbocycles. The number of aromatic nitrogens is 1. The fraction of sp³-hybridized carbons (Fsp3) is 0.333. The van der Waals surface area contributed by atoms with Gasteiger partial charge >= 0.3 is 0 Å². The van der Waals surface area contributed by atoms with Crippen molar-refractivity contribution in [1.82, 2.24) is 15.6 Å². The molecule has 0 saturated carbocycles. The van der Waals surface area contributed by atoms with E-state index < -0.39 is 0 Å². The van der Waals surface area contributed by atoms with Crippen LogP contribution in [0.15, 0.2) is 32.1 Å². The molecule has 1 heterocycles. The lowest BCUT2D eigenvalue weighted by molar-refractivity contribution is 0.463. The summed E-state index contributed by atoms with van der Waals surface area (Å²) in [6.07, 6.45) is 0. The van der Waals surface area contributed by atoms with Crippen molar-refractivity contribution < 1.29 is 8.81 Å². The maximum absolute atomic E-state index is 13.7. The molecule has 0 aliphatic carbocycles. The highest BCUT2D eigenvalue weighted by Gasteiger charge is 2.07. The Kier molecular flexibility index (Phi) is 7.97. The summed E-state index contributed by atoms with van der Waals surface area (Å²) in [7, 11) is 1.65. The molecule has 0 radical (unpaired) electrons. The van der Waals surface area contributed by atoms with Crippen molar-refractivity contribution in [2.75, 3.05) is 7.05 Å². The monoisotopic (exact) mass is 496 g/mol. The average molecular weight is 497 g/mol. The summed E-state index contributed by atoms with van der Waals surface area (Å²) in [6.45, 7) is 4.50. The number of oxazole rings is 1.